The molecule has 0 bridgehead atoms. The van der Waals surface area contributed by atoms with Crippen LogP contribution >= 0.6 is 0 Å². The molecule has 35 heavy (non-hydrogen) atoms. The van der Waals surface area contributed by atoms with Crippen molar-refractivity contribution < 1.29 is 9.13 Å². The van der Waals surface area contributed by atoms with E-state index in [1.165, 1.54) is 18.5 Å². The van der Waals surface area contributed by atoms with Crippen molar-refractivity contribution in [2.24, 2.45) is 7.05 Å². The zero-order chi connectivity index (χ0) is 24.1. The van der Waals surface area contributed by atoms with Crippen LogP contribution in [0.25, 0.3) is 6.08 Å². The molecule has 2 fully saturated rings. The molecule has 1 saturated heterocycles. The van der Waals surface area contributed by atoms with Gasteiger partial charge in [0.1, 0.15) is 11.6 Å². The molecule has 1 aromatic carbocycles. The van der Waals surface area contributed by atoms with Crippen LogP contribution in [0.1, 0.15) is 42.5 Å². The monoisotopic (exact) mass is 475 g/mol. The van der Waals surface area contributed by atoms with Crippen LogP contribution in [0.5, 0.6) is 11.8 Å². The molecule has 0 amide bonds. The lowest BCUT2D eigenvalue weighted by Crippen LogP contribution is -2.44. The number of likely N-dealkylation sites (N-methyl/N-ethyl adjacent to an activating group) is 1. The van der Waals surface area contributed by atoms with Crippen molar-refractivity contribution >= 4 is 23.5 Å². The van der Waals surface area contributed by atoms with Crippen LogP contribution in [0.2, 0.25) is 0 Å². The van der Waals surface area contributed by atoms with Crippen molar-refractivity contribution in [3.8, 4) is 11.8 Å². The Morgan fingerprint density at radius 2 is 1.83 bits per heavy atom. The van der Waals surface area contributed by atoms with Gasteiger partial charge in [-0.1, -0.05) is 17.7 Å². The summed E-state index contributed by atoms with van der Waals surface area (Å²) in [6.45, 7) is 5.59. The third-order valence-electron chi connectivity index (χ3n) is 6.98. The molecule has 9 heteroatoms. The topological polar surface area (TPSA) is 71.3 Å². The number of aromatic nitrogens is 4. The Kier molecular flexibility index (Phi) is 5.44. The first-order valence-electron chi connectivity index (χ1n) is 12.2. The lowest BCUT2D eigenvalue weighted by molar-refractivity contribution is 0.311. The zero-order valence-corrected chi connectivity index (χ0v) is 20.4. The number of piperazine rings is 1. The minimum absolute atomic E-state index is 0.111. The average Bonchev–Trinajstić information content (AvgIpc) is 3.50. The molecular formula is C26H30FN7O. The van der Waals surface area contributed by atoms with Crippen LogP contribution in [0.4, 0.5) is 21.8 Å². The SMILES string of the molecule is CC1=Cc2c(ccc(Oc3nc(Nc4cc(C5CC5)n(C)n4)cc(N4CCN(C)CC4)n3)c2F)C1. The molecule has 6 rings (SSSR count). The van der Waals surface area contributed by atoms with Gasteiger partial charge < -0.3 is 19.9 Å². The predicted octanol–water partition coefficient (Wildman–Crippen LogP) is 4.47. The fourth-order valence-corrected chi connectivity index (χ4v) is 4.85. The molecule has 1 aliphatic heterocycles. The molecule has 3 aliphatic rings. The quantitative estimate of drug-likeness (QED) is 0.564. The number of hydrogen-bond donors (Lipinski definition) is 1. The Bertz CT molecular complexity index is 1310. The predicted molar refractivity (Wildman–Crippen MR) is 134 cm³/mol. The van der Waals surface area contributed by atoms with Crippen molar-refractivity contribution in [3.63, 3.8) is 0 Å². The summed E-state index contributed by atoms with van der Waals surface area (Å²) in [6, 6.07) is 7.68. The molecule has 3 heterocycles. The summed E-state index contributed by atoms with van der Waals surface area (Å²) in [5.41, 5.74) is 3.93. The van der Waals surface area contributed by atoms with Crippen LogP contribution in [-0.4, -0.2) is 57.9 Å². The zero-order valence-electron chi connectivity index (χ0n) is 20.4. The molecule has 0 spiro atoms. The molecule has 182 valence electrons. The van der Waals surface area contributed by atoms with Gasteiger partial charge in [-0.25, -0.2) is 4.39 Å². The van der Waals surface area contributed by atoms with Crippen molar-refractivity contribution in [3.05, 3.63) is 52.5 Å². The third kappa shape index (κ3) is 4.48. The minimum Gasteiger partial charge on any atom is -0.421 e. The van der Waals surface area contributed by atoms with Crippen molar-refractivity contribution in [1.82, 2.24) is 24.6 Å². The van der Waals surface area contributed by atoms with Crippen LogP contribution in [-0.2, 0) is 13.5 Å². The van der Waals surface area contributed by atoms with Crippen LogP contribution < -0.4 is 15.0 Å². The molecule has 2 aliphatic carbocycles. The van der Waals surface area contributed by atoms with E-state index in [9.17, 15) is 0 Å². The van der Waals surface area contributed by atoms with Gasteiger partial charge in [-0.3, -0.25) is 4.68 Å². The highest BCUT2D eigenvalue weighted by Crippen LogP contribution is 2.41. The normalized spacial score (nSPS) is 17.9. The van der Waals surface area contributed by atoms with Gasteiger partial charge in [0.2, 0.25) is 0 Å². The van der Waals surface area contributed by atoms with E-state index in [0.29, 0.717) is 17.3 Å². The van der Waals surface area contributed by atoms with Crippen LogP contribution in [0.15, 0.2) is 29.8 Å². The largest absolute Gasteiger partial charge is 0.421 e. The second-order valence-corrected chi connectivity index (χ2v) is 9.88. The van der Waals surface area contributed by atoms with Gasteiger partial charge in [0, 0.05) is 62.5 Å². The van der Waals surface area contributed by atoms with Crippen LogP contribution in [0.3, 0.4) is 0 Å². The molecule has 0 radical (unpaired) electrons. The van der Waals surface area contributed by atoms with E-state index >= 15 is 4.39 Å². The van der Waals surface area contributed by atoms with E-state index < -0.39 is 0 Å². The van der Waals surface area contributed by atoms with Crippen molar-refractivity contribution in [2.45, 2.75) is 32.1 Å². The van der Waals surface area contributed by atoms with Crippen LogP contribution in [0, 0.1) is 5.82 Å². The van der Waals surface area contributed by atoms with Gasteiger partial charge in [0.25, 0.3) is 0 Å². The molecule has 0 unspecified atom stereocenters. The van der Waals surface area contributed by atoms with E-state index in [4.69, 9.17) is 4.74 Å². The highest BCUT2D eigenvalue weighted by Gasteiger charge is 2.27. The van der Waals surface area contributed by atoms with E-state index in [1.54, 1.807) is 6.07 Å². The van der Waals surface area contributed by atoms with Gasteiger partial charge in [-0.15, -0.1) is 0 Å². The minimum atomic E-state index is -0.374. The molecular weight excluding hydrogens is 445 g/mol. The number of halogens is 1. The first-order valence-corrected chi connectivity index (χ1v) is 12.2. The number of benzene rings is 1. The highest BCUT2D eigenvalue weighted by molar-refractivity contribution is 5.66. The van der Waals surface area contributed by atoms with Crippen molar-refractivity contribution in [1.29, 1.82) is 0 Å². The summed E-state index contributed by atoms with van der Waals surface area (Å²) in [7, 11) is 4.08. The number of fused-ring (bicyclic) bond motifs is 1. The highest BCUT2D eigenvalue weighted by atomic mass is 19.1. The summed E-state index contributed by atoms with van der Waals surface area (Å²) in [4.78, 5) is 13.7. The maximum atomic E-state index is 15.2. The standard InChI is InChI=1S/C26H30FN7O/c1-16-12-18-6-7-21(25(27)19(18)13-16)35-26-29-22(15-24(30-26)34-10-8-32(2)9-11-34)28-23-14-20(17-4-5-17)33(3)31-23/h6-7,13-15,17H,4-5,8-12H2,1-3H3,(H,28,29,30,31). The Morgan fingerprint density at radius 1 is 1.03 bits per heavy atom. The smallest absolute Gasteiger partial charge is 0.326 e. The lowest BCUT2D eigenvalue weighted by atomic mass is 10.1. The Morgan fingerprint density at radius 3 is 2.60 bits per heavy atom. The molecule has 3 aromatic rings. The first kappa shape index (κ1) is 22.0. The molecule has 8 nitrogen and oxygen atoms in total. The Balaban J connectivity index is 1.32. The second-order valence-electron chi connectivity index (χ2n) is 9.88. The lowest BCUT2D eigenvalue weighted by Gasteiger charge is -2.33. The number of nitrogens with zero attached hydrogens (tertiary/aromatic N) is 6. The van der Waals surface area contributed by atoms with Gasteiger partial charge in [0.15, 0.2) is 17.4 Å². The van der Waals surface area contributed by atoms with E-state index in [0.717, 1.165) is 55.4 Å². The fourth-order valence-electron chi connectivity index (χ4n) is 4.85. The number of ether oxygens (including phenoxy) is 1. The number of allylic oxidation sites excluding steroid dienone is 1. The maximum absolute atomic E-state index is 15.2. The van der Waals surface area contributed by atoms with Crippen molar-refractivity contribution in [2.75, 3.05) is 43.4 Å². The average molecular weight is 476 g/mol. The molecule has 1 saturated carbocycles. The Hall–Kier alpha value is -3.46. The van der Waals surface area contributed by atoms with Gasteiger partial charge in [-0.2, -0.15) is 15.1 Å². The first-order chi connectivity index (χ1) is 16.9. The second kappa shape index (κ2) is 8.64. The van der Waals surface area contributed by atoms with E-state index in [-0.39, 0.29) is 17.6 Å². The number of rotatable bonds is 6. The molecule has 0 atom stereocenters. The molecule has 2 aromatic heterocycles. The summed E-state index contributed by atoms with van der Waals surface area (Å²) in [6.07, 6.45) is 5.06. The van der Waals surface area contributed by atoms with E-state index in [2.05, 4.69) is 43.3 Å². The Labute approximate surface area is 204 Å². The third-order valence-corrected chi connectivity index (χ3v) is 6.98. The van der Waals surface area contributed by atoms with E-state index in [1.807, 2.05) is 36.9 Å². The molecule has 1 N–H and O–H groups in total. The van der Waals surface area contributed by atoms with Gasteiger partial charge in [-0.05, 0) is 44.9 Å². The number of aryl methyl sites for hydroxylation is 1. The van der Waals surface area contributed by atoms with Gasteiger partial charge >= 0.3 is 6.01 Å². The number of nitrogens with one attached hydrogen (secondary N) is 1. The summed E-state index contributed by atoms with van der Waals surface area (Å²) >= 11 is 0. The number of hydrogen-bond acceptors (Lipinski definition) is 7. The fraction of sp³-hybridized carbons (Fsp3) is 0.423. The van der Waals surface area contributed by atoms with Gasteiger partial charge in [0.05, 0.1) is 0 Å². The summed E-state index contributed by atoms with van der Waals surface area (Å²) in [5.74, 6) is 2.40. The summed E-state index contributed by atoms with van der Waals surface area (Å²) in [5, 5.41) is 7.93. The maximum Gasteiger partial charge on any atom is 0.326 e. The number of anilines is 3. The summed E-state index contributed by atoms with van der Waals surface area (Å²) < 4.78 is 23.1.